The van der Waals surface area contributed by atoms with Gasteiger partial charge in [-0.05, 0) is 15.9 Å². The standard InChI is InChI=1S/C7H9BrClN3/c1-12(3-2-9)7-10-4-6(8)5-11-7/h4-5H,2-3H2,1H3. The van der Waals surface area contributed by atoms with E-state index in [2.05, 4.69) is 25.9 Å². The summed E-state index contributed by atoms with van der Waals surface area (Å²) in [6.45, 7) is 0.753. The Morgan fingerprint density at radius 1 is 1.50 bits per heavy atom. The summed E-state index contributed by atoms with van der Waals surface area (Å²) in [6.07, 6.45) is 3.43. The molecule has 0 fully saturated rings. The largest absolute Gasteiger partial charge is 0.343 e. The highest BCUT2D eigenvalue weighted by Crippen LogP contribution is 2.09. The minimum atomic E-state index is 0.579. The Hall–Kier alpha value is -0.350. The summed E-state index contributed by atoms with van der Waals surface area (Å²) in [4.78, 5) is 10.1. The van der Waals surface area contributed by atoms with E-state index in [0.29, 0.717) is 11.8 Å². The lowest BCUT2D eigenvalue weighted by molar-refractivity contribution is 0.903. The summed E-state index contributed by atoms with van der Waals surface area (Å²) >= 11 is 8.84. The predicted octanol–water partition coefficient (Wildman–Crippen LogP) is 1.91. The van der Waals surface area contributed by atoms with Crippen LogP contribution in [0, 0.1) is 0 Å². The quantitative estimate of drug-likeness (QED) is 0.768. The van der Waals surface area contributed by atoms with E-state index in [1.165, 1.54) is 0 Å². The van der Waals surface area contributed by atoms with Gasteiger partial charge < -0.3 is 4.90 Å². The predicted molar refractivity (Wildman–Crippen MR) is 53.7 cm³/mol. The average Bonchev–Trinajstić information content (AvgIpc) is 2.06. The summed E-state index contributed by atoms with van der Waals surface area (Å²) in [6, 6.07) is 0. The molecule has 0 spiro atoms. The van der Waals surface area contributed by atoms with Gasteiger partial charge in [0.05, 0.1) is 4.47 Å². The Balaban J connectivity index is 2.68. The Morgan fingerprint density at radius 3 is 2.58 bits per heavy atom. The molecule has 0 aliphatic carbocycles. The van der Waals surface area contributed by atoms with Gasteiger partial charge >= 0.3 is 0 Å². The van der Waals surface area contributed by atoms with Crippen molar-refractivity contribution in [1.29, 1.82) is 0 Å². The molecular weight excluding hydrogens is 241 g/mol. The molecule has 1 heterocycles. The lowest BCUT2D eigenvalue weighted by Gasteiger charge is -2.14. The zero-order chi connectivity index (χ0) is 8.97. The second-order valence-corrected chi connectivity index (χ2v) is 3.61. The van der Waals surface area contributed by atoms with Crippen LogP contribution in [0.4, 0.5) is 5.95 Å². The molecule has 0 radical (unpaired) electrons. The van der Waals surface area contributed by atoms with Crippen LogP contribution < -0.4 is 4.90 Å². The third kappa shape index (κ3) is 2.60. The number of anilines is 1. The summed E-state index contributed by atoms with van der Waals surface area (Å²) in [5, 5.41) is 0. The molecule has 0 bridgehead atoms. The highest BCUT2D eigenvalue weighted by molar-refractivity contribution is 9.10. The summed E-state index contributed by atoms with van der Waals surface area (Å²) in [7, 11) is 1.91. The monoisotopic (exact) mass is 249 g/mol. The van der Waals surface area contributed by atoms with Crippen LogP contribution in [0.5, 0.6) is 0 Å². The van der Waals surface area contributed by atoms with Crippen LogP contribution in [-0.2, 0) is 0 Å². The van der Waals surface area contributed by atoms with Crippen molar-refractivity contribution in [1.82, 2.24) is 9.97 Å². The van der Waals surface area contributed by atoms with E-state index in [1.54, 1.807) is 12.4 Å². The molecule has 0 aliphatic rings. The summed E-state index contributed by atoms with van der Waals surface area (Å²) in [5.74, 6) is 1.27. The fraction of sp³-hybridized carbons (Fsp3) is 0.429. The number of hydrogen-bond donors (Lipinski definition) is 0. The van der Waals surface area contributed by atoms with Gasteiger partial charge in [0.15, 0.2) is 0 Å². The molecule has 1 aromatic heterocycles. The van der Waals surface area contributed by atoms with Crippen molar-refractivity contribution in [3.05, 3.63) is 16.9 Å². The highest BCUT2D eigenvalue weighted by atomic mass is 79.9. The fourth-order valence-electron chi connectivity index (χ4n) is 0.729. The topological polar surface area (TPSA) is 29.0 Å². The fourth-order valence-corrected chi connectivity index (χ4v) is 1.19. The zero-order valence-corrected chi connectivity index (χ0v) is 9.01. The maximum atomic E-state index is 5.57. The van der Waals surface area contributed by atoms with E-state index in [4.69, 9.17) is 11.6 Å². The van der Waals surface area contributed by atoms with Crippen LogP contribution in [0.15, 0.2) is 16.9 Å². The van der Waals surface area contributed by atoms with Crippen molar-refractivity contribution in [3.8, 4) is 0 Å². The van der Waals surface area contributed by atoms with Gasteiger partial charge in [0.1, 0.15) is 0 Å². The SMILES string of the molecule is CN(CCCl)c1ncc(Br)cn1. The Morgan fingerprint density at radius 2 is 2.08 bits per heavy atom. The Kier molecular flexibility index (Phi) is 3.75. The highest BCUT2D eigenvalue weighted by Gasteiger charge is 2.01. The minimum absolute atomic E-state index is 0.579. The average molecular weight is 251 g/mol. The van der Waals surface area contributed by atoms with Crippen molar-refractivity contribution >= 4 is 33.5 Å². The van der Waals surface area contributed by atoms with E-state index < -0.39 is 0 Å². The van der Waals surface area contributed by atoms with Crippen LogP contribution >= 0.6 is 27.5 Å². The van der Waals surface area contributed by atoms with E-state index in [9.17, 15) is 0 Å². The lowest BCUT2D eigenvalue weighted by atomic mass is 10.6. The third-order valence-corrected chi connectivity index (χ3v) is 1.95. The molecule has 0 N–H and O–H groups in total. The molecular formula is C7H9BrClN3. The van der Waals surface area contributed by atoms with E-state index in [0.717, 1.165) is 11.0 Å². The van der Waals surface area contributed by atoms with Crippen LogP contribution in [0.1, 0.15) is 0 Å². The zero-order valence-electron chi connectivity index (χ0n) is 6.67. The molecule has 12 heavy (non-hydrogen) atoms. The van der Waals surface area contributed by atoms with Crippen LogP contribution in [0.2, 0.25) is 0 Å². The van der Waals surface area contributed by atoms with E-state index >= 15 is 0 Å². The van der Waals surface area contributed by atoms with Crippen LogP contribution in [0.3, 0.4) is 0 Å². The van der Waals surface area contributed by atoms with Crippen LogP contribution in [0.25, 0.3) is 0 Å². The molecule has 0 atom stereocenters. The molecule has 5 heteroatoms. The minimum Gasteiger partial charge on any atom is -0.343 e. The van der Waals surface area contributed by atoms with Gasteiger partial charge in [-0.25, -0.2) is 9.97 Å². The van der Waals surface area contributed by atoms with Crippen LogP contribution in [-0.4, -0.2) is 29.4 Å². The first-order valence-electron chi connectivity index (χ1n) is 3.48. The molecule has 3 nitrogen and oxygen atoms in total. The van der Waals surface area contributed by atoms with E-state index in [-0.39, 0.29) is 0 Å². The van der Waals surface area contributed by atoms with Gasteiger partial charge in [0.25, 0.3) is 0 Å². The third-order valence-electron chi connectivity index (χ3n) is 1.37. The number of alkyl halides is 1. The van der Waals surface area contributed by atoms with E-state index in [1.807, 2.05) is 11.9 Å². The summed E-state index contributed by atoms with van der Waals surface area (Å²) in [5.41, 5.74) is 0. The number of nitrogens with zero attached hydrogens (tertiary/aromatic N) is 3. The smallest absolute Gasteiger partial charge is 0.225 e. The normalized spacial score (nSPS) is 9.92. The molecule has 0 saturated heterocycles. The molecule has 0 aromatic carbocycles. The van der Waals surface area contributed by atoms with Crippen molar-refractivity contribution in [2.24, 2.45) is 0 Å². The molecule has 0 aliphatic heterocycles. The first kappa shape index (κ1) is 9.74. The Labute approximate surface area is 84.9 Å². The van der Waals surface area contributed by atoms with Crippen molar-refractivity contribution in [2.75, 3.05) is 24.4 Å². The number of rotatable bonds is 3. The first-order valence-corrected chi connectivity index (χ1v) is 4.81. The molecule has 1 rings (SSSR count). The van der Waals surface area contributed by atoms with Gasteiger partial charge in [-0.2, -0.15) is 0 Å². The number of halogens is 2. The van der Waals surface area contributed by atoms with Gasteiger partial charge in [-0.15, -0.1) is 11.6 Å². The van der Waals surface area contributed by atoms with Crippen molar-refractivity contribution < 1.29 is 0 Å². The van der Waals surface area contributed by atoms with Gasteiger partial charge in [-0.1, -0.05) is 0 Å². The molecule has 0 unspecified atom stereocenters. The molecule has 1 aromatic rings. The second-order valence-electron chi connectivity index (χ2n) is 2.31. The Bertz CT molecular complexity index is 239. The molecule has 0 saturated carbocycles. The van der Waals surface area contributed by atoms with Gasteiger partial charge in [0.2, 0.25) is 5.95 Å². The second kappa shape index (κ2) is 4.62. The number of hydrogen-bond acceptors (Lipinski definition) is 3. The molecule has 0 amide bonds. The summed E-state index contributed by atoms with van der Waals surface area (Å²) < 4.78 is 0.880. The number of aromatic nitrogens is 2. The van der Waals surface area contributed by atoms with Crippen molar-refractivity contribution in [2.45, 2.75) is 0 Å². The van der Waals surface area contributed by atoms with Crippen molar-refractivity contribution in [3.63, 3.8) is 0 Å². The van der Waals surface area contributed by atoms with Gasteiger partial charge in [0, 0.05) is 31.9 Å². The maximum absolute atomic E-state index is 5.57. The first-order chi connectivity index (χ1) is 5.74. The molecule has 66 valence electrons. The maximum Gasteiger partial charge on any atom is 0.225 e. The lowest BCUT2D eigenvalue weighted by Crippen LogP contribution is -2.21. The van der Waals surface area contributed by atoms with Gasteiger partial charge in [-0.3, -0.25) is 0 Å².